The van der Waals surface area contributed by atoms with Crippen LogP contribution in [0.5, 0.6) is 0 Å². The van der Waals surface area contributed by atoms with Crippen LogP contribution >= 0.6 is 0 Å². The minimum absolute atomic E-state index is 0.107. The summed E-state index contributed by atoms with van der Waals surface area (Å²) in [6.45, 7) is 9.45. The van der Waals surface area contributed by atoms with E-state index in [1.54, 1.807) is 0 Å². The lowest BCUT2D eigenvalue weighted by atomic mass is 9.81. The Kier molecular flexibility index (Phi) is 7.80. The second kappa shape index (κ2) is 13.7. The Labute approximate surface area is 389 Å². The molecule has 2 aliphatic rings. The van der Waals surface area contributed by atoms with E-state index >= 15 is 0 Å². The van der Waals surface area contributed by atoms with Crippen LogP contribution in [0.2, 0.25) is 0 Å². The van der Waals surface area contributed by atoms with Crippen LogP contribution in [-0.4, -0.2) is 9.97 Å². The molecular formula is C64H44N2O. The molecule has 10 aromatic carbocycles. The second-order valence-electron chi connectivity index (χ2n) is 19.6. The van der Waals surface area contributed by atoms with Gasteiger partial charge in [-0.05, 0) is 119 Å². The Bertz CT molecular complexity index is 4020. The molecule has 12 aromatic rings. The first-order chi connectivity index (χ1) is 32.7. The standard InChI is InChI=1S/C64H44N2O/c1-63(2)54-23-13-11-18-44(54)46-31-29-39(33-56(46)63)51-35-53-52(40-30-32-47-45-19-12-14-24-55(45)64(3,4)57(47)34-40)36-58(65-59(53)48-20-8-6-17-43(48)51)37-25-27-38(28-26-37)62-66-60-49-21-9-5-15-41(49)42-16-7-10-22-50(42)61(60)67-62/h5-36H,1-4H3. The number of fused-ring (bicyclic) bond motifs is 15. The summed E-state index contributed by atoms with van der Waals surface area (Å²) in [5.74, 6) is 0.606. The fourth-order valence-corrected chi connectivity index (χ4v) is 11.9. The number of benzene rings is 10. The highest BCUT2D eigenvalue weighted by Gasteiger charge is 2.37. The lowest BCUT2D eigenvalue weighted by Crippen LogP contribution is -2.15. The molecule has 2 aliphatic carbocycles. The fourth-order valence-electron chi connectivity index (χ4n) is 11.9. The van der Waals surface area contributed by atoms with Gasteiger partial charge in [0, 0.05) is 43.5 Å². The quantitative estimate of drug-likeness (QED) is 0.166. The maximum Gasteiger partial charge on any atom is 0.227 e. The summed E-state index contributed by atoms with van der Waals surface area (Å²) in [6, 6.07) is 71.1. The molecule has 0 spiro atoms. The van der Waals surface area contributed by atoms with E-state index in [0.29, 0.717) is 5.89 Å². The summed E-state index contributed by atoms with van der Waals surface area (Å²) in [4.78, 5) is 10.7. The van der Waals surface area contributed by atoms with Crippen LogP contribution in [0.1, 0.15) is 49.9 Å². The van der Waals surface area contributed by atoms with Crippen LogP contribution in [-0.2, 0) is 10.8 Å². The highest BCUT2D eigenvalue weighted by Crippen LogP contribution is 2.52. The molecule has 0 fully saturated rings. The van der Waals surface area contributed by atoms with Gasteiger partial charge in [0.25, 0.3) is 0 Å². The molecule has 2 aromatic heterocycles. The van der Waals surface area contributed by atoms with E-state index in [-0.39, 0.29) is 10.8 Å². The van der Waals surface area contributed by atoms with E-state index in [1.807, 2.05) is 0 Å². The van der Waals surface area contributed by atoms with E-state index in [0.717, 1.165) is 60.5 Å². The number of aromatic nitrogens is 2. The summed E-state index contributed by atoms with van der Waals surface area (Å²) < 4.78 is 6.65. The Morgan fingerprint density at radius 3 is 1.37 bits per heavy atom. The highest BCUT2D eigenvalue weighted by atomic mass is 16.3. The van der Waals surface area contributed by atoms with Crippen LogP contribution in [0.25, 0.3) is 122 Å². The zero-order valence-corrected chi connectivity index (χ0v) is 37.8. The number of rotatable bonds is 4. The minimum Gasteiger partial charge on any atom is -0.435 e. The molecule has 67 heavy (non-hydrogen) atoms. The average molecular weight is 857 g/mol. The molecule has 14 rings (SSSR count). The first-order valence-electron chi connectivity index (χ1n) is 23.4. The van der Waals surface area contributed by atoms with Gasteiger partial charge in [-0.2, -0.15) is 0 Å². The molecule has 316 valence electrons. The van der Waals surface area contributed by atoms with Crippen molar-refractivity contribution in [2.24, 2.45) is 0 Å². The van der Waals surface area contributed by atoms with Crippen molar-refractivity contribution in [1.82, 2.24) is 9.97 Å². The molecule has 0 saturated heterocycles. The van der Waals surface area contributed by atoms with Gasteiger partial charge in [-0.25, -0.2) is 9.97 Å². The van der Waals surface area contributed by atoms with E-state index < -0.39 is 0 Å². The summed E-state index contributed by atoms with van der Waals surface area (Å²) >= 11 is 0. The van der Waals surface area contributed by atoms with Crippen LogP contribution < -0.4 is 0 Å². The molecule has 0 unspecified atom stereocenters. The van der Waals surface area contributed by atoms with Crippen LogP contribution in [0, 0.1) is 0 Å². The maximum absolute atomic E-state index is 6.65. The van der Waals surface area contributed by atoms with Crippen LogP contribution in [0.4, 0.5) is 0 Å². The molecule has 0 atom stereocenters. The summed E-state index contributed by atoms with van der Waals surface area (Å²) in [5, 5.41) is 7.97. The fraction of sp³-hybridized carbons (Fsp3) is 0.0938. The molecule has 0 saturated carbocycles. The third-order valence-corrected chi connectivity index (χ3v) is 15.3. The minimum atomic E-state index is -0.140. The number of hydrogen-bond donors (Lipinski definition) is 0. The van der Waals surface area contributed by atoms with E-state index in [2.05, 4.69) is 222 Å². The van der Waals surface area contributed by atoms with Gasteiger partial charge in [-0.3, -0.25) is 0 Å². The van der Waals surface area contributed by atoms with Crippen molar-refractivity contribution >= 4 is 54.3 Å². The van der Waals surface area contributed by atoms with Gasteiger partial charge in [-0.1, -0.05) is 185 Å². The van der Waals surface area contributed by atoms with Gasteiger partial charge in [0.1, 0.15) is 5.52 Å². The summed E-state index contributed by atoms with van der Waals surface area (Å²) in [6.07, 6.45) is 0. The largest absolute Gasteiger partial charge is 0.435 e. The summed E-state index contributed by atoms with van der Waals surface area (Å²) in [5.41, 5.74) is 20.9. The molecule has 3 nitrogen and oxygen atoms in total. The topological polar surface area (TPSA) is 38.9 Å². The predicted molar refractivity (Wildman–Crippen MR) is 279 cm³/mol. The molecule has 0 amide bonds. The number of oxazole rings is 1. The Balaban J connectivity index is 0.962. The van der Waals surface area contributed by atoms with Crippen molar-refractivity contribution in [2.75, 3.05) is 0 Å². The van der Waals surface area contributed by atoms with Gasteiger partial charge < -0.3 is 4.42 Å². The average Bonchev–Trinajstić information content (AvgIpc) is 4.00. The van der Waals surface area contributed by atoms with E-state index in [4.69, 9.17) is 14.4 Å². The summed E-state index contributed by atoms with van der Waals surface area (Å²) in [7, 11) is 0. The zero-order valence-electron chi connectivity index (χ0n) is 37.8. The Morgan fingerprint density at radius 1 is 0.313 bits per heavy atom. The van der Waals surface area contributed by atoms with Crippen LogP contribution in [0.15, 0.2) is 199 Å². The van der Waals surface area contributed by atoms with Crippen molar-refractivity contribution in [3.63, 3.8) is 0 Å². The normalized spacial score (nSPS) is 14.2. The first kappa shape index (κ1) is 38.2. The predicted octanol–water partition coefficient (Wildman–Crippen LogP) is 17.1. The van der Waals surface area contributed by atoms with Crippen molar-refractivity contribution in [2.45, 2.75) is 38.5 Å². The molecule has 0 bridgehead atoms. The van der Waals surface area contributed by atoms with E-state index in [9.17, 15) is 0 Å². The number of hydrogen-bond acceptors (Lipinski definition) is 3. The van der Waals surface area contributed by atoms with Gasteiger partial charge >= 0.3 is 0 Å². The number of nitrogens with zero attached hydrogens (tertiary/aromatic N) is 2. The van der Waals surface area contributed by atoms with Gasteiger partial charge in [0.2, 0.25) is 5.89 Å². The Morgan fingerprint density at radius 2 is 0.761 bits per heavy atom. The molecular weight excluding hydrogens is 813 g/mol. The molecule has 0 radical (unpaired) electrons. The van der Waals surface area contributed by atoms with Crippen molar-refractivity contribution in [3.8, 4) is 67.2 Å². The SMILES string of the molecule is CC1(C)c2ccccc2-c2ccc(-c3cc4c(-c5ccc6c(c5)C(C)(C)c5ccccc5-6)cc(-c5ccc(-c6nc7c8ccccc8c8ccccc8c7o6)cc5)nc4c4ccccc34)cc21. The van der Waals surface area contributed by atoms with Crippen molar-refractivity contribution in [3.05, 3.63) is 216 Å². The third kappa shape index (κ3) is 5.40. The van der Waals surface area contributed by atoms with Gasteiger partial charge in [-0.15, -0.1) is 0 Å². The lowest BCUT2D eigenvalue weighted by Gasteiger charge is -2.23. The monoisotopic (exact) mass is 856 g/mol. The van der Waals surface area contributed by atoms with E-state index in [1.165, 1.54) is 77.4 Å². The maximum atomic E-state index is 6.65. The number of pyridine rings is 1. The van der Waals surface area contributed by atoms with Crippen molar-refractivity contribution in [1.29, 1.82) is 0 Å². The lowest BCUT2D eigenvalue weighted by molar-refractivity contribution is 0.623. The first-order valence-corrected chi connectivity index (χ1v) is 23.4. The van der Waals surface area contributed by atoms with Gasteiger partial charge in [0.15, 0.2) is 5.58 Å². The van der Waals surface area contributed by atoms with Crippen LogP contribution in [0.3, 0.4) is 0 Å². The van der Waals surface area contributed by atoms with Crippen molar-refractivity contribution < 1.29 is 4.42 Å². The molecule has 3 heteroatoms. The Hall–Kier alpha value is -8.14. The zero-order chi connectivity index (χ0) is 44.8. The highest BCUT2D eigenvalue weighted by molar-refractivity contribution is 6.23. The smallest absolute Gasteiger partial charge is 0.227 e. The molecule has 2 heterocycles. The van der Waals surface area contributed by atoms with Gasteiger partial charge in [0.05, 0.1) is 11.2 Å². The molecule has 0 aliphatic heterocycles. The third-order valence-electron chi connectivity index (χ3n) is 15.3. The molecule has 0 N–H and O–H groups in total. The second-order valence-corrected chi connectivity index (χ2v) is 19.6.